The van der Waals surface area contributed by atoms with Gasteiger partial charge in [-0.2, -0.15) is 4.98 Å². The Bertz CT molecular complexity index is 815. The van der Waals surface area contributed by atoms with Crippen LogP contribution in [0.15, 0.2) is 29.3 Å². The summed E-state index contributed by atoms with van der Waals surface area (Å²) in [5.41, 5.74) is 0. The Balaban J connectivity index is 2.39. The molecule has 0 spiro atoms. The van der Waals surface area contributed by atoms with Gasteiger partial charge < -0.3 is 9.47 Å². The van der Waals surface area contributed by atoms with Crippen LogP contribution in [-0.2, 0) is 10.0 Å². The molecule has 0 fully saturated rings. The Morgan fingerprint density at radius 1 is 1.30 bits per heavy atom. The Morgan fingerprint density at radius 2 is 2.04 bits per heavy atom. The predicted molar refractivity (Wildman–Crippen MR) is 87.0 cm³/mol. The van der Waals surface area contributed by atoms with Gasteiger partial charge in [0.2, 0.25) is 11.7 Å². The van der Waals surface area contributed by atoms with Crippen molar-refractivity contribution in [3.8, 4) is 11.8 Å². The molecule has 0 aliphatic carbocycles. The second-order valence-corrected chi connectivity index (χ2v) is 6.59. The van der Waals surface area contributed by atoms with Gasteiger partial charge in [-0.05, 0) is 19.1 Å². The molecule has 1 N–H and O–H groups in total. The summed E-state index contributed by atoms with van der Waals surface area (Å²) in [5.74, 6) is 0.0951. The minimum absolute atomic E-state index is 0.0299. The van der Waals surface area contributed by atoms with Crippen molar-refractivity contribution >= 4 is 39.0 Å². The molecule has 1 heterocycles. The Labute approximate surface area is 143 Å². The molecule has 124 valence electrons. The van der Waals surface area contributed by atoms with Gasteiger partial charge in [0.25, 0.3) is 15.9 Å². The summed E-state index contributed by atoms with van der Waals surface area (Å²) < 4.78 is 37.4. The first-order chi connectivity index (χ1) is 10.9. The second-order valence-electron chi connectivity index (χ2n) is 4.16. The highest BCUT2D eigenvalue weighted by Gasteiger charge is 2.22. The van der Waals surface area contributed by atoms with E-state index in [0.717, 1.165) is 0 Å². The second kappa shape index (κ2) is 7.20. The molecule has 23 heavy (non-hydrogen) atoms. The molecule has 0 radical (unpaired) electrons. The van der Waals surface area contributed by atoms with Gasteiger partial charge in [0.05, 0.1) is 30.0 Å². The van der Waals surface area contributed by atoms with Crippen molar-refractivity contribution in [2.45, 2.75) is 11.8 Å². The largest absolute Gasteiger partial charge is 0.478 e. The number of halogens is 2. The lowest BCUT2D eigenvalue weighted by Gasteiger charge is -2.12. The van der Waals surface area contributed by atoms with Gasteiger partial charge >= 0.3 is 0 Å². The van der Waals surface area contributed by atoms with Gasteiger partial charge in [0.15, 0.2) is 0 Å². The molecule has 7 nitrogen and oxygen atoms in total. The van der Waals surface area contributed by atoms with Crippen LogP contribution in [0.1, 0.15) is 6.92 Å². The fraction of sp³-hybridized carbons (Fsp3) is 0.231. The maximum atomic E-state index is 12.4. The zero-order chi connectivity index (χ0) is 17.0. The fourth-order valence-electron chi connectivity index (χ4n) is 1.66. The van der Waals surface area contributed by atoms with Gasteiger partial charge in [-0.15, -0.1) is 0 Å². The van der Waals surface area contributed by atoms with Crippen LogP contribution in [0.2, 0.25) is 10.0 Å². The van der Waals surface area contributed by atoms with Crippen molar-refractivity contribution < 1.29 is 17.9 Å². The van der Waals surface area contributed by atoms with Crippen molar-refractivity contribution in [3.05, 3.63) is 34.4 Å². The summed E-state index contributed by atoms with van der Waals surface area (Å²) in [6.07, 6.45) is 1.28. The molecule has 10 heteroatoms. The van der Waals surface area contributed by atoms with E-state index >= 15 is 0 Å². The van der Waals surface area contributed by atoms with Crippen LogP contribution in [-0.4, -0.2) is 32.1 Å². The van der Waals surface area contributed by atoms with E-state index in [-0.39, 0.29) is 32.5 Å². The third-order valence-electron chi connectivity index (χ3n) is 2.64. The van der Waals surface area contributed by atoms with Crippen molar-refractivity contribution in [1.82, 2.24) is 9.97 Å². The SMILES string of the molecule is CCOc1cnc(NS(=O)(=O)c2cccc(Cl)c2Cl)c(OC)n1. The first-order valence-corrected chi connectivity index (χ1v) is 8.63. The minimum Gasteiger partial charge on any atom is -0.478 e. The quantitative estimate of drug-likeness (QED) is 0.831. The van der Waals surface area contributed by atoms with Crippen LogP contribution < -0.4 is 14.2 Å². The van der Waals surface area contributed by atoms with Crippen molar-refractivity contribution in [2.75, 3.05) is 18.4 Å². The maximum absolute atomic E-state index is 12.4. The molecule has 0 aliphatic rings. The lowest BCUT2D eigenvalue weighted by Crippen LogP contribution is -2.16. The molecule has 2 aromatic rings. The number of benzene rings is 1. The summed E-state index contributed by atoms with van der Waals surface area (Å²) in [4.78, 5) is 7.78. The number of methoxy groups -OCH3 is 1. The first-order valence-electron chi connectivity index (χ1n) is 6.39. The van der Waals surface area contributed by atoms with Crippen LogP contribution in [0, 0.1) is 0 Å². The Hall–Kier alpha value is -1.77. The Morgan fingerprint density at radius 3 is 2.70 bits per heavy atom. The molecular formula is C13H13Cl2N3O4S. The van der Waals surface area contributed by atoms with Crippen LogP contribution in [0.5, 0.6) is 11.8 Å². The van der Waals surface area contributed by atoms with E-state index < -0.39 is 10.0 Å². The van der Waals surface area contributed by atoms with Crippen LogP contribution >= 0.6 is 23.2 Å². The summed E-state index contributed by atoms with van der Waals surface area (Å²) in [6, 6.07) is 4.29. The highest BCUT2D eigenvalue weighted by molar-refractivity contribution is 7.92. The summed E-state index contributed by atoms with van der Waals surface area (Å²) >= 11 is 11.8. The molecule has 0 unspecified atom stereocenters. The van der Waals surface area contributed by atoms with E-state index in [9.17, 15) is 8.42 Å². The van der Waals surface area contributed by atoms with Crippen LogP contribution in [0.4, 0.5) is 5.82 Å². The highest BCUT2D eigenvalue weighted by atomic mass is 35.5. The normalized spacial score (nSPS) is 11.1. The number of ether oxygens (including phenoxy) is 2. The lowest BCUT2D eigenvalue weighted by molar-refractivity contribution is 0.314. The standard InChI is InChI=1S/C13H13Cl2N3O4S/c1-3-22-10-7-16-12(13(17-10)21-2)18-23(19,20)9-6-4-5-8(14)11(9)15/h4-7H,3H2,1-2H3,(H,16,18). The highest BCUT2D eigenvalue weighted by Crippen LogP contribution is 2.31. The van der Waals surface area contributed by atoms with Crippen LogP contribution in [0.3, 0.4) is 0 Å². The molecule has 0 saturated heterocycles. The molecule has 1 aromatic heterocycles. The predicted octanol–water partition coefficient (Wildman–Crippen LogP) is 2.99. The number of sulfonamides is 1. The van der Waals surface area contributed by atoms with E-state index in [1.807, 2.05) is 0 Å². The zero-order valence-corrected chi connectivity index (χ0v) is 14.5. The number of anilines is 1. The third-order valence-corrected chi connectivity index (χ3v) is 4.95. The smallest absolute Gasteiger partial charge is 0.264 e. The molecule has 0 bridgehead atoms. The number of nitrogens with zero attached hydrogens (tertiary/aromatic N) is 2. The van der Waals surface area contributed by atoms with E-state index in [1.54, 1.807) is 6.92 Å². The molecular weight excluding hydrogens is 365 g/mol. The van der Waals surface area contributed by atoms with Crippen LogP contribution in [0.25, 0.3) is 0 Å². The monoisotopic (exact) mass is 377 g/mol. The Kier molecular flexibility index (Phi) is 5.51. The summed E-state index contributed by atoms with van der Waals surface area (Å²) in [6.45, 7) is 2.17. The van der Waals surface area contributed by atoms with Gasteiger partial charge in [-0.1, -0.05) is 29.3 Å². The van der Waals surface area contributed by atoms with Gasteiger partial charge in [-0.25, -0.2) is 13.4 Å². The first kappa shape index (κ1) is 17.6. The van der Waals surface area contributed by atoms with Gasteiger partial charge in [0.1, 0.15) is 4.90 Å². The minimum atomic E-state index is -4.01. The van der Waals surface area contributed by atoms with E-state index in [1.165, 1.54) is 31.5 Å². The number of rotatable bonds is 6. The third kappa shape index (κ3) is 3.95. The number of aromatic nitrogens is 2. The molecule has 0 aliphatic heterocycles. The van der Waals surface area contributed by atoms with Crippen molar-refractivity contribution in [3.63, 3.8) is 0 Å². The maximum Gasteiger partial charge on any atom is 0.264 e. The summed E-state index contributed by atoms with van der Waals surface area (Å²) in [5, 5.41) is 0.0406. The van der Waals surface area contributed by atoms with E-state index in [0.29, 0.717) is 6.61 Å². The molecule has 0 atom stereocenters. The molecule has 2 rings (SSSR count). The lowest BCUT2D eigenvalue weighted by atomic mass is 10.4. The molecule has 1 aromatic carbocycles. The van der Waals surface area contributed by atoms with E-state index in [2.05, 4.69) is 14.7 Å². The number of hydrogen-bond acceptors (Lipinski definition) is 6. The molecule has 0 saturated carbocycles. The average Bonchev–Trinajstić information content (AvgIpc) is 2.51. The van der Waals surface area contributed by atoms with Crippen molar-refractivity contribution in [2.24, 2.45) is 0 Å². The van der Waals surface area contributed by atoms with Gasteiger partial charge in [0, 0.05) is 0 Å². The number of nitrogens with one attached hydrogen (secondary N) is 1. The summed E-state index contributed by atoms with van der Waals surface area (Å²) in [7, 11) is -2.68. The number of hydrogen-bond donors (Lipinski definition) is 1. The van der Waals surface area contributed by atoms with Gasteiger partial charge in [-0.3, -0.25) is 4.72 Å². The molecule has 0 amide bonds. The van der Waals surface area contributed by atoms with E-state index in [4.69, 9.17) is 32.7 Å². The zero-order valence-electron chi connectivity index (χ0n) is 12.2. The topological polar surface area (TPSA) is 90.4 Å². The fourth-order valence-corrected chi connectivity index (χ4v) is 3.43. The average molecular weight is 378 g/mol. The van der Waals surface area contributed by atoms with Crippen molar-refractivity contribution in [1.29, 1.82) is 0 Å².